The van der Waals surface area contributed by atoms with E-state index in [0.29, 0.717) is 5.25 Å². The second-order valence-electron chi connectivity index (χ2n) is 4.76. The number of hydrogen-bond donors (Lipinski definition) is 0. The SMILES string of the molecule is c1ccc(-n2cc(OCC3CCCCS3)cn2)cc1. The first-order valence-electron chi connectivity index (χ1n) is 6.76. The van der Waals surface area contributed by atoms with E-state index in [-0.39, 0.29) is 0 Å². The zero-order chi connectivity index (χ0) is 12.9. The van der Waals surface area contributed by atoms with Gasteiger partial charge < -0.3 is 4.74 Å². The van der Waals surface area contributed by atoms with Gasteiger partial charge in [-0.3, -0.25) is 0 Å². The van der Waals surface area contributed by atoms with E-state index >= 15 is 0 Å². The lowest BCUT2D eigenvalue weighted by Crippen LogP contribution is -2.18. The molecular formula is C15H18N2OS. The van der Waals surface area contributed by atoms with E-state index in [1.165, 1.54) is 25.0 Å². The molecule has 19 heavy (non-hydrogen) atoms. The van der Waals surface area contributed by atoms with Crippen LogP contribution in [0.2, 0.25) is 0 Å². The molecule has 100 valence electrons. The van der Waals surface area contributed by atoms with Gasteiger partial charge in [0, 0.05) is 5.25 Å². The first kappa shape index (κ1) is 12.6. The summed E-state index contributed by atoms with van der Waals surface area (Å²) in [5, 5.41) is 4.98. The van der Waals surface area contributed by atoms with Crippen molar-refractivity contribution in [3.63, 3.8) is 0 Å². The highest BCUT2D eigenvalue weighted by atomic mass is 32.2. The fraction of sp³-hybridized carbons (Fsp3) is 0.400. The van der Waals surface area contributed by atoms with Crippen molar-refractivity contribution < 1.29 is 4.74 Å². The Balaban J connectivity index is 1.59. The van der Waals surface area contributed by atoms with E-state index in [2.05, 4.69) is 5.10 Å². The summed E-state index contributed by atoms with van der Waals surface area (Å²) < 4.78 is 7.69. The van der Waals surface area contributed by atoms with Crippen molar-refractivity contribution in [3.05, 3.63) is 42.7 Å². The highest BCUT2D eigenvalue weighted by Crippen LogP contribution is 2.25. The summed E-state index contributed by atoms with van der Waals surface area (Å²) >= 11 is 2.03. The van der Waals surface area contributed by atoms with Crippen LogP contribution in [0.15, 0.2) is 42.7 Å². The number of ether oxygens (including phenoxy) is 1. The van der Waals surface area contributed by atoms with Crippen LogP contribution in [0.3, 0.4) is 0 Å². The quantitative estimate of drug-likeness (QED) is 0.853. The lowest BCUT2D eigenvalue weighted by Gasteiger charge is -2.20. The number of nitrogens with zero attached hydrogens (tertiary/aromatic N) is 2. The van der Waals surface area contributed by atoms with Gasteiger partial charge in [-0.05, 0) is 30.7 Å². The molecule has 1 aliphatic rings. The number of rotatable bonds is 4. The van der Waals surface area contributed by atoms with Gasteiger partial charge in [-0.1, -0.05) is 24.6 Å². The maximum absolute atomic E-state index is 5.84. The fourth-order valence-corrected chi connectivity index (χ4v) is 3.43. The largest absolute Gasteiger partial charge is 0.489 e. The van der Waals surface area contributed by atoms with Crippen molar-refractivity contribution in [1.82, 2.24) is 9.78 Å². The number of benzene rings is 1. The molecule has 3 nitrogen and oxygen atoms in total. The molecule has 3 rings (SSSR count). The van der Waals surface area contributed by atoms with E-state index in [1.807, 2.05) is 53.0 Å². The third-order valence-corrected chi connectivity index (χ3v) is 4.66. The van der Waals surface area contributed by atoms with Crippen molar-refractivity contribution in [1.29, 1.82) is 0 Å². The Morgan fingerprint density at radius 1 is 1.26 bits per heavy atom. The van der Waals surface area contributed by atoms with Gasteiger partial charge >= 0.3 is 0 Å². The molecule has 1 aliphatic heterocycles. The van der Waals surface area contributed by atoms with Crippen LogP contribution in [0.25, 0.3) is 5.69 Å². The van der Waals surface area contributed by atoms with E-state index < -0.39 is 0 Å². The molecule has 0 spiro atoms. The number of hydrogen-bond acceptors (Lipinski definition) is 3. The molecule has 1 aromatic heterocycles. The summed E-state index contributed by atoms with van der Waals surface area (Å²) in [5.41, 5.74) is 1.06. The molecule has 2 heterocycles. The molecule has 2 aromatic rings. The summed E-state index contributed by atoms with van der Waals surface area (Å²) in [5.74, 6) is 2.13. The lowest BCUT2D eigenvalue weighted by molar-refractivity contribution is 0.309. The van der Waals surface area contributed by atoms with Crippen LogP contribution in [0.4, 0.5) is 0 Å². The molecular weight excluding hydrogens is 256 g/mol. The summed E-state index contributed by atoms with van der Waals surface area (Å²) in [6.45, 7) is 0.797. The Kier molecular flexibility index (Phi) is 4.08. The van der Waals surface area contributed by atoms with Crippen LogP contribution in [0.1, 0.15) is 19.3 Å². The summed E-state index contributed by atoms with van der Waals surface area (Å²) in [6, 6.07) is 10.1. The molecule has 1 atom stereocenters. The van der Waals surface area contributed by atoms with Crippen molar-refractivity contribution >= 4 is 11.8 Å². The molecule has 0 amide bonds. The van der Waals surface area contributed by atoms with Crippen molar-refractivity contribution in [3.8, 4) is 11.4 Å². The Hall–Kier alpha value is -1.42. The zero-order valence-electron chi connectivity index (χ0n) is 10.9. The van der Waals surface area contributed by atoms with Crippen LogP contribution in [-0.4, -0.2) is 27.4 Å². The van der Waals surface area contributed by atoms with Crippen molar-refractivity contribution in [2.75, 3.05) is 12.4 Å². The van der Waals surface area contributed by atoms with Gasteiger partial charge in [0.1, 0.15) is 6.61 Å². The van der Waals surface area contributed by atoms with Crippen molar-refractivity contribution in [2.45, 2.75) is 24.5 Å². The molecule has 0 radical (unpaired) electrons. The van der Waals surface area contributed by atoms with Gasteiger partial charge in [0.2, 0.25) is 0 Å². The third-order valence-electron chi connectivity index (χ3n) is 3.29. The molecule has 1 unspecified atom stereocenters. The van der Waals surface area contributed by atoms with Gasteiger partial charge in [-0.2, -0.15) is 16.9 Å². The van der Waals surface area contributed by atoms with Crippen LogP contribution in [0, 0.1) is 0 Å². The number of para-hydroxylation sites is 1. The van der Waals surface area contributed by atoms with Crippen LogP contribution in [0.5, 0.6) is 5.75 Å². The Morgan fingerprint density at radius 3 is 2.95 bits per heavy atom. The van der Waals surface area contributed by atoms with Gasteiger partial charge in [-0.25, -0.2) is 4.68 Å². The van der Waals surface area contributed by atoms with E-state index in [9.17, 15) is 0 Å². The fourth-order valence-electron chi connectivity index (χ4n) is 2.23. The standard InChI is InChI=1S/C15H18N2OS/c1-2-6-13(7-3-1)17-11-14(10-16-17)18-12-15-8-4-5-9-19-15/h1-3,6-7,10-11,15H,4-5,8-9,12H2. The second kappa shape index (κ2) is 6.15. The highest BCUT2D eigenvalue weighted by molar-refractivity contribution is 7.99. The van der Waals surface area contributed by atoms with E-state index in [1.54, 1.807) is 6.20 Å². The van der Waals surface area contributed by atoms with Crippen LogP contribution >= 0.6 is 11.8 Å². The summed E-state index contributed by atoms with van der Waals surface area (Å²) in [4.78, 5) is 0. The molecule has 0 N–H and O–H groups in total. The smallest absolute Gasteiger partial charge is 0.157 e. The average molecular weight is 274 g/mol. The summed E-state index contributed by atoms with van der Waals surface area (Å²) in [6.07, 6.45) is 7.71. The predicted octanol–water partition coefficient (Wildman–Crippen LogP) is 3.54. The summed E-state index contributed by atoms with van der Waals surface area (Å²) in [7, 11) is 0. The van der Waals surface area contributed by atoms with Crippen LogP contribution in [-0.2, 0) is 0 Å². The van der Waals surface area contributed by atoms with Gasteiger partial charge in [0.15, 0.2) is 5.75 Å². The molecule has 0 bridgehead atoms. The normalized spacial score (nSPS) is 19.3. The lowest BCUT2D eigenvalue weighted by atomic mass is 10.2. The molecule has 0 aliphatic carbocycles. The van der Waals surface area contributed by atoms with Crippen LogP contribution < -0.4 is 4.74 Å². The Labute approximate surface area is 118 Å². The highest BCUT2D eigenvalue weighted by Gasteiger charge is 2.14. The minimum absolute atomic E-state index is 0.647. The maximum atomic E-state index is 5.84. The predicted molar refractivity (Wildman–Crippen MR) is 79.2 cm³/mol. The number of aromatic nitrogens is 2. The minimum Gasteiger partial charge on any atom is -0.489 e. The van der Waals surface area contributed by atoms with Crippen molar-refractivity contribution in [2.24, 2.45) is 0 Å². The van der Waals surface area contributed by atoms with E-state index in [4.69, 9.17) is 4.74 Å². The van der Waals surface area contributed by atoms with Gasteiger partial charge in [0.05, 0.1) is 18.1 Å². The Bertz CT molecular complexity index is 506. The third kappa shape index (κ3) is 3.32. The number of thioether (sulfide) groups is 1. The second-order valence-corrected chi connectivity index (χ2v) is 6.16. The molecule has 1 saturated heterocycles. The first-order valence-corrected chi connectivity index (χ1v) is 7.81. The van der Waals surface area contributed by atoms with Gasteiger partial charge in [-0.15, -0.1) is 0 Å². The zero-order valence-corrected chi connectivity index (χ0v) is 11.7. The molecule has 1 fully saturated rings. The van der Waals surface area contributed by atoms with Gasteiger partial charge in [0.25, 0.3) is 0 Å². The average Bonchev–Trinajstić information content (AvgIpc) is 2.96. The first-order chi connectivity index (χ1) is 9.42. The topological polar surface area (TPSA) is 27.1 Å². The minimum atomic E-state index is 0.647. The molecule has 1 aromatic carbocycles. The van der Waals surface area contributed by atoms with E-state index in [0.717, 1.165) is 18.0 Å². The molecule has 4 heteroatoms. The monoisotopic (exact) mass is 274 g/mol. The Morgan fingerprint density at radius 2 is 2.16 bits per heavy atom. The molecule has 0 saturated carbocycles. The maximum Gasteiger partial charge on any atom is 0.157 e.